The van der Waals surface area contributed by atoms with Crippen molar-refractivity contribution in [3.8, 4) is 5.75 Å². The second kappa shape index (κ2) is 10.1. The van der Waals surface area contributed by atoms with Gasteiger partial charge in [0.05, 0.1) is 17.7 Å². The minimum absolute atomic E-state index is 0.0973. The maximum Gasteiger partial charge on any atom is 0.264 e. The van der Waals surface area contributed by atoms with Crippen LogP contribution in [-0.4, -0.2) is 28.0 Å². The molecule has 0 heterocycles. The van der Waals surface area contributed by atoms with Crippen molar-refractivity contribution in [2.45, 2.75) is 38.5 Å². The lowest BCUT2D eigenvalue weighted by atomic mass is 9.98. The third-order valence-corrected chi connectivity index (χ3v) is 7.19. The van der Waals surface area contributed by atoms with Gasteiger partial charge in [-0.25, -0.2) is 8.42 Å². The Bertz CT molecular complexity index is 1240. The Morgan fingerprint density at radius 1 is 1.00 bits per heavy atom. The molecule has 0 aromatic heterocycles. The zero-order chi connectivity index (χ0) is 24.2. The van der Waals surface area contributed by atoms with Crippen molar-refractivity contribution in [3.05, 3.63) is 83.4 Å². The molecule has 3 aromatic carbocycles. The Morgan fingerprint density at radius 3 is 2.33 bits per heavy atom. The van der Waals surface area contributed by atoms with Crippen molar-refractivity contribution < 1.29 is 17.9 Å². The van der Waals surface area contributed by atoms with E-state index >= 15 is 0 Å². The van der Waals surface area contributed by atoms with E-state index in [2.05, 4.69) is 5.32 Å². The van der Waals surface area contributed by atoms with Crippen LogP contribution < -0.4 is 14.4 Å². The standard InChI is InChI=1S/C26H30N2O4S/c1-18(2)22-13-9-10-20(4)26(22)27-25(29)17-28(23-16-19(3)14-15-24(23)32-5)33(30,31)21-11-7-6-8-12-21/h6-16,18H,17H2,1-5H3,(H,27,29). The third kappa shape index (κ3) is 5.37. The number of benzene rings is 3. The quantitative estimate of drug-likeness (QED) is 0.491. The molecule has 0 aliphatic carbocycles. The molecular formula is C26H30N2O4S. The number of methoxy groups -OCH3 is 1. The zero-order valence-electron chi connectivity index (χ0n) is 19.6. The van der Waals surface area contributed by atoms with Crippen LogP contribution in [-0.2, 0) is 14.8 Å². The summed E-state index contributed by atoms with van der Waals surface area (Å²) in [5, 5.41) is 2.95. The van der Waals surface area contributed by atoms with Crippen molar-refractivity contribution in [2.24, 2.45) is 0 Å². The molecule has 0 radical (unpaired) electrons. The summed E-state index contributed by atoms with van der Waals surface area (Å²) in [6, 6.07) is 19.2. The number of amides is 1. The molecular weight excluding hydrogens is 436 g/mol. The summed E-state index contributed by atoms with van der Waals surface area (Å²) in [6.45, 7) is 7.48. The van der Waals surface area contributed by atoms with Crippen LogP contribution in [0.3, 0.4) is 0 Å². The van der Waals surface area contributed by atoms with E-state index in [-0.39, 0.29) is 10.8 Å². The van der Waals surface area contributed by atoms with Gasteiger partial charge in [-0.1, -0.05) is 56.3 Å². The first-order valence-electron chi connectivity index (χ1n) is 10.8. The fourth-order valence-electron chi connectivity index (χ4n) is 3.67. The highest BCUT2D eigenvalue weighted by atomic mass is 32.2. The number of rotatable bonds is 8. The molecule has 0 atom stereocenters. The highest BCUT2D eigenvalue weighted by Gasteiger charge is 2.30. The summed E-state index contributed by atoms with van der Waals surface area (Å²) in [4.78, 5) is 13.3. The lowest BCUT2D eigenvalue weighted by Crippen LogP contribution is -2.38. The molecule has 0 spiro atoms. The van der Waals surface area contributed by atoms with Gasteiger partial charge in [-0.2, -0.15) is 0 Å². The number of hydrogen-bond donors (Lipinski definition) is 1. The van der Waals surface area contributed by atoms with Crippen molar-refractivity contribution >= 4 is 27.3 Å². The topological polar surface area (TPSA) is 75.7 Å². The molecule has 7 heteroatoms. The van der Waals surface area contributed by atoms with Crippen LogP contribution in [0.25, 0.3) is 0 Å². The highest BCUT2D eigenvalue weighted by molar-refractivity contribution is 7.92. The Hall–Kier alpha value is -3.32. The monoisotopic (exact) mass is 466 g/mol. The van der Waals surface area contributed by atoms with Gasteiger partial charge in [-0.3, -0.25) is 9.10 Å². The van der Waals surface area contributed by atoms with Gasteiger partial charge in [0.25, 0.3) is 10.0 Å². The van der Waals surface area contributed by atoms with Crippen LogP contribution in [0.4, 0.5) is 11.4 Å². The van der Waals surface area contributed by atoms with Gasteiger partial charge in [-0.05, 0) is 60.7 Å². The first-order valence-corrected chi connectivity index (χ1v) is 12.2. The molecule has 1 N–H and O–H groups in total. The fraction of sp³-hybridized carbons (Fsp3) is 0.269. The largest absolute Gasteiger partial charge is 0.495 e. The molecule has 0 unspecified atom stereocenters. The average Bonchev–Trinajstić information content (AvgIpc) is 2.79. The van der Waals surface area contributed by atoms with Crippen LogP contribution in [0.15, 0.2) is 71.6 Å². The van der Waals surface area contributed by atoms with E-state index in [1.54, 1.807) is 30.3 Å². The minimum Gasteiger partial charge on any atom is -0.495 e. The van der Waals surface area contributed by atoms with Gasteiger partial charge in [0, 0.05) is 5.69 Å². The number of hydrogen-bond acceptors (Lipinski definition) is 4. The summed E-state index contributed by atoms with van der Waals surface area (Å²) < 4.78 is 33.8. The fourth-order valence-corrected chi connectivity index (χ4v) is 5.11. The number of anilines is 2. The van der Waals surface area contributed by atoms with E-state index in [1.807, 2.05) is 52.0 Å². The van der Waals surface area contributed by atoms with E-state index in [0.29, 0.717) is 17.1 Å². The van der Waals surface area contributed by atoms with E-state index in [1.165, 1.54) is 19.2 Å². The van der Waals surface area contributed by atoms with Gasteiger partial charge in [0.1, 0.15) is 12.3 Å². The number of nitrogens with zero attached hydrogens (tertiary/aromatic N) is 1. The predicted octanol–water partition coefficient (Wildman–Crippen LogP) is 5.27. The number of carbonyl (C=O) groups excluding carboxylic acids is 1. The van der Waals surface area contributed by atoms with Gasteiger partial charge in [0.15, 0.2) is 0 Å². The summed E-state index contributed by atoms with van der Waals surface area (Å²) in [5.41, 5.74) is 3.78. The van der Waals surface area contributed by atoms with Gasteiger partial charge in [0.2, 0.25) is 5.91 Å². The summed E-state index contributed by atoms with van der Waals surface area (Å²) in [7, 11) is -2.56. The van der Waals surface area contributed by atoms with Crippen LogP contribution in [0.1, 0.15) is 36.5 Å². The minimum atomic E-state index is -4.03. The number of nitrogens with one attached hydrogen (secondary N) is 1. The lowest BCUT2D eigenvalue weighted by Gasteiger charge is -2.26. The smallest absolute Gasteiger partial charge is 0.264 e. The normalized spacial score (nSPS) is 11.3. The molecule has 0 saturated heterocycles. The van der Waals surface area contributed by atoms with Gasteiger partial charge < -0.3 is 10.1 Å². The van der Waals surface area contributed by atoms with E-state index in [0.717, 1.165) is 21.0 Å². The van der Waals surface area contributed by atoms with E-state index < -0.39 is 22.5 Å². The Labute approximate surface area is 196 Å². The van der Waals surface area contributed by atoms with Crippen molar-refractivity contribution in [1.82, 2.24) is 0 Å². The first-order chi connectivity index (χ1) is 15.6. The molecule has 33 heavy (non-hydrogen) atoms. The van der Waals surface area contributed by atoms with Crippen LogP contribution in [0.5, 0.6) is 5.75 Å². The first kappa shape index (κ1) is 24.3. The molecule has 1 amide bonds. The molecule has 3 aromatic rings. The SMILES string of the molecule is COc1ccc(C)cc1N(CC(=O)Nc1c(C)cccc1C(C)C)S(=O)(=O)c1ccccc1. The average molecular weight is 467 g/mol. The number of sulfonamides is 1. The maximum absolute atomic E-state index is 13.6. The van der Waals surface area contributed by atoms with Crippen LogP contribution in [0.2, 0.25) is 0 Å². The number of aryl methyl sites for hydroxylation is 2. The molecule has 6 nitrogen and oxygen atoms in total. The van der Waals surface area contributed by atoms with E-state index in [4.69, 9.17) is 4.74 Å². The highest BCUT2D eigenvalue weighted by Crippen LogP contribution is 2.34. The predicted molar refractivity (Wildman–Crippen MR) is 133 cm³/mol. The zero-order valence-corrected chi connectivity index (χ0v) is 20.4. The van der Waals surface area contributed by atoms with E-state index in [9.17, 15) is 13.2 Å². The lowest BCUT2D eigenvalue weighted by molar-refractivity contribution is -0.114. The van der Waals surface area contributed by atoms with Crippen LogP contribution in [0, 0.1) is 13.8 Å². The number of para-hydroxylation sites is 1. The Morgan fingerprint density at radius 2 is 1.70 bits per heavy atom. The molecule has 3 rings (SSSR count). The molecule has 174 valence electrons. The Balaban J connectivity index is 2.05. The molecule has 0 fully saturated rings. The molecule has 0 aliphatic heterocycles. The summed E-state index contributed by atoms with van der Waals surface area (Å²) in [6.07, 6.45) is 0. The number of ether oxygens (including phenoxy) is 1. The van der Waals surface area contributed by atoms with Gasteiger partial charge in [-0.15, -0.1) is 0 Å². The molecule has 0 saturated carbocycles. The molecule has 0 aliphatic rings. The van der Waals surface area contributed by atoms with Crippen molar-refractivity contribution in [2.75, 3.05) is 23.3 Å². The maximum atomic E-state index is 13.6. The summed E-state index contributed by atoms with van der Waals surface area (Å²) in [5.74, 6) is 0.127. The van der Waals surface area contributed by atoms with Crippen LogP contribution >= 0.6 is 0 Å². The number of carbonyl (C=O) groups is 1. The van der Waals surface area contributed by atoms with Crippen molar-refractivity contribution in [3.63, 3.8) is 0 Å². The second-order valence-electron chi connectivity index (χ2n) is 8.24. The third-order valence-electron chi connectivity index (χ3n) is 5.41. The second-order valence-corrected chi connectivity index (χ2v) is 10.1. The van der Waals surface area contributed by atoms with Gasteiger partial charge >= 0.3 is 0 Å². The molecule has 0 bridgehead atoms. The summed E-state index contributed by atoms with van der Waals surface area (Å²) >= 11 is 0. The van der Waals surface area contributed by atoms with Crippen molar-refractivity contribution in [1.29, 1.82) is 0 Å². The Kier molecular flexibility index (Phi) is 7.43.